The van der Waals surface area contributed by atoms with Crippen molar-refractivity contribution in [2.45, 2.75) is 51.0 Å². The minimum Gasteiger partial charge on any atom is -0.543 e. The maximum Gasteiger partial charge on any atom is 0.224 e. The van der Waals surface area contributed by atoms with E-state index in [1.54, 1.807) is 18.2 Å². The molecule has 1 aliphatic carbocycles. The van der Waals surface area contributed by atoms with Gasteiger partial charge in [0.2, 0.25) is 5.91 Å². The summed E-state index contributed by atoms with van der Waals surface area (Å²) in [5.74, 6) is -1.48. The van der Waals surface area contributed by atoms with E-state index in [0.717, 1.165) is 25.7 Å². The van der Waals surface area contributed by atoms with Gasteiger partial charge >= 0.3 is 0 Å². The van der Waals surface area contributed by atoms with E-state index < -0.39 is 5.97 Å². The molecule has 1 fully saturated rings. The topological polar surface area (TPSA) is 85.0 Å². The molecular formula is C18H20ClN2O3-. The van der Waals surface area contributed by atoms with E-state index in [1.807, 2.05) is 0 Å². The summed E-state index contributed by atoms with van der Waals surface area (Å²) in [6, 6.07) is 5.24. The predicted molar refractivity (Wildman–Crippen MR) is 91.0 cm³/mol. The van der Waals surface area contributed by atoms with Crippen molar-refractivity contribution in [3.05, 3.63) is 34.5 Å². The van der Waals surface area contributed by atoms with Crippen LogP contribution in [0.3, 0.4) is 0 Å². The number of hydrogen-bond acceptors (Lipinski definition) is 3. The maximum atomic E-state index is 12.4. The van der Waals surface area contributed by atoms with Gasteiger partial charge in [0.15, 0.2) is 0 Å². The molecule has 0 spiro atoms. The first-order valence-corrected chi connectivity index (χ1v) is 8.73. The highest BCUT2D eigenvalue weighted by Crippen LogP contribution is 2.26. The van der Waals surface area contributed by atoms with Crippen molar-refractivity contribution < 1.29 is 14.7 Å². The van der Waals surface area contributed by atoms with Crippen molar-refractivity contribution in [2.75, 3.05) is 0 Å². The van der Waals surface area contributed by atoms with Crippen LogP contribution in [-0.2, 0) is 11.2 Å². The normalized spacial score (nSPS) is 16.0. The van der Waals surface area contributed by atoms with E-state index in [-0.39, 0.29) is 24.1 Å². The molecule has 5 nitrogen and oxygen atoms in total. The maximum absolute atomic E-state index is 12.4. The van der Waals surface area contributed by atoms with Crippen LogP contribution < -0.4 is 10.4 Å². The molecule has 3 rings (SSSR count). The lowest BCUT2D eigenvalue weighted by Crippen LogP contribution is -2.36. The molecule has 1 saturated carbocycles. The Morgan fingerprint density at radius 2 is 1.92 bits per heavy atom. The minimum absolute atomic E-state index is 0.000154. The van der Waals surface area contributed by atoms with Crippen molar-refractivity contribution in [3.8, 4) is 0 Å². The summed E-state index contributed by atoms with van der Waals surface area (Å²) in [5.41, 5.74) is 1.01. The third-order valence-corrected chi connectivity index (χ3v) is 4.87. The number of carbonyl (C=O) groups is 2. The number of carbonyl (C=O) groups excluding carboxylic acids is 2. The van der Waals surface area contributed by atoms with Crippen LogP contribution in [0.15, 0.2) is 18.2 Å². The number of carboxylic acid groups (broad SMARTS) is 1. The SMILES string of the molecule is O=C(Cc1c(C(=O)[O-])[nH]c2ccc(Cl)cc12)NC1CCCCCC1. The van der Waals surface area contributed by atoms with E-state index in [0.29, 0.717) is 21.5 Å². The number of aromatic nitrogens is 1. The molecule has 0 bridgehead atoms. The third kappa shape index (κ3) is 3.73. The number of amides is 1. The molecule has 6 heteroatoms. The molecule has 0 saturated heterocycles. The molecular weight excluding hydrogens is 328 g/mol. The van der Waals surface area contributed by atoms with Gasteiger partial charge in [-0.1, -0.05) is 37.3 Å². The highest BCUT2D eigenvalue weighted by Gasteiger charge is 2.19. The van der Waals surface area contributed by atoms with Crippen LogP contribution in [-0.4, -0.2) is 22.9 Å². The van der Waals surface area contributed by atoms with Crippen LogP contribution in [0.5, 0.6) is 0 Å². The number of rotatable bonds is 4. The second-order valence-electron chi connectivity index (χ2n) is 6.39. The molecule has 24 heavy (non-hydrogen) atoms. The second-order valence-corrected chi connectivity index (χ2v) is 6.83. The largest absolute Gasteiger partial charge is 0.543 e. The zero-order valence-electron chi connectivity index (χ0n) is 13.4. The fourth-order valence-electron chi connectivity index (χ4n) is 3.44. The monoisotopic (exact) mass is 347 g/mol. The van der Waals surface area contributed by atoms with Crippen LogP contribution >= 0.6 is 11.6 Å². The van der Waals surface area contributed by atoms with Gasteiger partial charge in [0.1, 0.15) is 0 Å². The Morgan fingerprint density at radius 1 is 1.21 bits per heavy atom. The Balaban J connectivity index is 1.82. The highest BCUT2D eigenvalue weighted by atomic mass is 35.5. The molecule has 0 aliphatic heterocycles. The van der Waals surface area contributed by atoms with E-state index in [9.17, 15) is 14.7 Å². The van der Waals surface area contributed by atoms with E-state index in [4.69, 9.17) is 11.6 Å². The number of aromatic carboxylic acids is 1. The first kappa shape index (κ1) is 16.8. The van der Waals surface area contributed by atoms with E-state index in [2.05, 4.69) is 10.3 Å². The summed E-state index contributed by atoms with van der Waals surface area (Å²) < 4.78 is 0. The number of halogens is 1. The van der Waals surface area contributed by atoms with Crippen LogP contribution in [0, 0.1) is 0 Å². The van der Waals surface area contributed by atoms with Gasteiger partial charge in [0.05, 0.1) is 18.1 Å². The number of nitrogens with one attached hydrogen (secondary N) is 2. The number of H-pyrrole nitrogens is 1. The molecule has 0 atom stereocenters. The quantitative estimate of drug-likeness (QED) is 0.833. The third-order valence-electron chi connectivity index (χ3n) is 4.63. The average Bonchev–Trinajstić information content (AvgIpc) is 2.70. The molecule has 1 aromatic carbocycles. The molecule has 1 aromatic heterocycles. The fourth-order valence-corrected chi connectivity index (χ4v) is 3.61. The van der Waals surface area contributed by atoms with Crippen molar-refractivity contribution >= 4 is 34.4 Å². The number of benzene rings is 1. The highest BCUT2D eigenvalue weighted by molar-refractivity contribution is 6.31. The van der Waals surface area contributed by atoms with Gasteiger partial charge < -0.3 is 20.2 Å². The molecule has 0 radical (unpaired) electrons. The Morgan fingerprint density at radius 3 is 2.58 bits per heavy atom. The van der Waals surface area contributed by atoms with Gasteiger partial charge in [-0.2, -0.15) is 0 Å². The molecule has 2 N–H and O–H groups in total. The Labute approximate surface area is 145 Å². The Bertz CT molecular complexity index is 761. The number of hydrogen-bond donors (Lipinski definition) is 2. The van der Waals surface area contributed by atoms with Crippen LogP contribution in [0.25, 0.3) is 10.9 Å². The number of carboxylic acids is 1. The zero-order valence-corrected chi connectivity index (χ0v) is 14.1. The summed E-state index contributed by atoms with van der Waals surface area (Å²) in [6.45, 7) is 0. The second kappa shape index (κ2) is 7.26. The smallest absolute Gasteiger partial charge is 0.224 e. The summed E-state index contributed by atoms with van der Waals surface area (Å²) in [4.78, 5) is 26.6. The lowest BCUT2D eigenvalue weighted by molar-refractivity contribution is -0.255. The van der Waals surface area contributed by atoms with Crippen molar-refractivity contribution in [2.24, 2.45) is 0 Å². The number of aromatic amines is 1. The van der Waals surface area contributed by atoms with Crippen molar-refractivity contribution in [1.29, 1.82) is 0 Å². The van der Waals surface area contributed by atoms with Crippen LogP contribution in [0.4, 0.5) is 0 Å². The van der Waals surface area contributed by atoms with Crippen molar-refractivity contribution in [3.63, 3.8) is 0 Å². The van der Waals surface area contributed by atoms with Gasteiger partial charge in [0, 0.05) is 22.0 Å². The summed E-state index contributed by atoms with van der Waals surface area (Å²) >= 11 is 6.01. The first-order valence-electron chi connectivity index (χ1n) is 8.35. The van der Waals surface area contributed by atoms with Crippen LogP contribution in [0.2, 0.25) is 5.02 Å². The standard InChI is InChI=1S/C18H21ClN2O3/c19-11-7-8-15-13(9-11)14(17(21-15)18(23)24)10-16(22)20-12-5-3-1-2-4-6-12/h7-9,12,21H,1-6,10H2,(H,20,22)(H,23,24)/p-1. The summed E-state index contributed by atoms with van der Waals surface area (Å²) in [5, 5.41) is 15.6. The van der Waals surface area contributed by atoms with Gasteiger partial charge in [-0.3, -0.25) is 4.79 Å². The fraction of sp³-hybridized carbons (Fsp3) is 0.444. The number of fused-ring (bicyclic) bond motifs is 1. The van der Waals surface area contributed by atoms with Gasteiger partial charge in [-0.25, -0.2) is 0 Å². The molecule has 2 aromatic rings. The summed E-state index contributed by atoms with van der Waals surface area (Å²) in [7, 11) is 0. The summed E-state index contributed by atoms with van der Waals surface area (Å²) in [6.07, 6.45) is 6.64. The first-order chi connectivity index (χ1) is 11.5. The lowest BCUT2D eigenvalue weighted by atomic mass is 10.1. The minimum atomic E-state index is -1.32. The molecule has 0 unspecified atom stereocenters. The van der Waals surface area contributed by atoms with Gasteiger partial charge in [-0.15, -0.1) is 0 Å². The molecule has 1 aliphatic rings. The van der Waals surface area contributed by atoms with Gasteiger partial charge in [0.25, 0.3) is 0 Å². The zero-order chi connectivity index (χ0) is 17.1. The average molecular weight is 348 g/mol. The molecule has 1 heterocycles. The van der Waals surface area contributed by atoms with E-state index in [1.165, 1.54) is 12.8 Å². The van der Waals surface area contributed by atoms with Crippen LogP contribution in [0.1, 0.15) is 54.6 Å². The molecule has 128 valence electrons. The predicted octanol–water partition coefficient (Wildman–Crippen LogP) is 2.57. The lowest BCUT2D eigenvalue weighted by Gasteiger charge is -2.16. The van der Waals surface area contributed by atoms with Gasteiger partial charge in [-0.05, 0) is 36.6 Å². The van der Waals surface area contributed by atoms with E-state index >= 15 is 0 Å². The van der Waals surface area contributed by atoms with Crippen molar-refractivity contribution in [1.82, 2.24) is 10.3 Å². The Kier molecular flexibility index (Phi) is 5.09. The Hall–Kier alpha value is -2.01. The molecule has 1 amide bonds.